The van der Waals surface area contributed by atoms with Gasteiger partial charge >= 0.3 is 12.1 Å². The standard InChI is InChI=1S/C16H20BrNO.C2HF3O2/c17-15-13(19)5-4-10-9-12-11-3-1-2-6-16(11,14(10)15)7-8-18-12;3-2(4,5)1(6)7/h4-5,11-12,18-19H,1-3,6-9H2;(H,6,7)/t11-,12+,16+;/m1./s1. The molecule has 1 heterocycles. The number of nitrogens with one attached hydrogen (secondary N) is 1. The molecule has 0 amide bonds. The molecule has 4 rings (SSSR count). The lowest BCUT2D eigenvalue weighted by Gasteiger charge is -2.56. The van der Waals surface area contributed by atoms with E-state index in [9.17, 15) is 18.3 Å². The van der Waals surface area contributed by atoms with Crippen LogP contribution in [-0.2, 0) is 16.6 Å². The Balaban J connectivity index is 0.000000242. The average Bonchev–Trinajstić information content (AvgIpc) is 2.57. The number of benzene rings is 1. The molecule has 1 saturated carbocycles. The third-order valence-corrected chi connectivity index (χ3v) is 6.75. The zero-order chi connectivity index (χ0) is 19.1. The van der Waals surface area contributed by atoms with E-state index in [0.29, 0.717) is 17.2 Å². The molecule has 144 valence electrons. The van der Waals surface area contributed by atoms with Crippen molar-refractivity contribution in [2.75, 3.05) is 6.54 Å². The molecule has 1 aromatic rings. The Kier molecular flexibility index (Phi) is 5.27. The molecule has 1 aromatic carbocycles. The maximum atomic E-state index is 10.6. The monoisotopic (exact) mass is 435 g/mol. The van der Waals surface area contributed by atoms with Gasteiger partial charge in [0, 0.05) is 11.5 Å². The molecule has 26 heavy (non-hydrogen) atoms. The summed E-state index contributed by atoms with van der Waals surface area (Å²) in [6.45, 7) is 1.13. The Labute approximate surface area is 157 Å². The highest BCUT2D eigenvalue weighted by Crippen LogP contribution is 2.56. The van der Waals surface area contributed by atoms with Crippen molar-refractivity contribution in [3.05, 3.63) is 27.7 Å². The lowest BCUT2D eigenvalue weighted by molar-refractivity contribution is -0.192. The number of piperidine rings is 1. The third kappa shape index (κ3) is 3.33. The number of hydrogen-bond acceptors (Lipinski definition) is 3. The van der Waals surface area contributed by atoms with Crippen LogP contribution in [0.2, 0.25) is 0 Å². The van der Waals surface area contributed by atoms with E-state index >= 15 is 0 Å². The second-order valence-corrected chi connectivity index (χ2v) is 8.05. The molecule has 1 saturated heterocycles. The lowest BCUT2D eigenvalue weighted by Crippen LogP contribution is -2.59. The highest BCUT2D eigenvalue weighted by atomic mass is 79.9. The highest BCUT2D eigenvalue weighted by Gasteiger charge is 2.52. The number of aliphatic carboxylic acids is 1. The molecule has 8 heteroatoms. The summed E-state index contributed by atoms with van der Waals surface area (Å²) in [6.07, 6.45) is 2.62. The van der Waals surface area contributed by atoms with Gasteiger partial charge < -0.3 is 15.5 Å². The van der Waals surface area contributed by atoms with Gasteiger partial charge in [-0.2, -0.15) is 13.2 Å². The molecule has 2 aliphatic carbocycles. The summed E-state index contributed by atoms with van der Waals surface area (Å²) in [5.41, 5.74) is 3.20. The van der Waals surface area contributed by atoms with Crippen LogP contribution in [0.15, 0.2) is 16.6 Å². The van der Waals surface area contributed by atoms with Crippen molar-refractivity contribution in [3.63, 3.8) is 0 Å². The van der Waals surface area contributed by atoms with E-state index in [2.05, 4.69) is 27.3 Å². The van der Waals surface area contributed by atoms with Crippen LogP contribution in [0.25, 0.3) is 0 Å². The van der Waals surface area contributed by atoms with E-state index in [1.165, 1.54) is 43.2 Å². The smallest absolute Gasteiger partial charge is 0.490 e. The minimum atomic E-state index is -5.08. The van der Waals surface area contributed by atoms with Gasteiger partial charge in [0.15, 0.2) is 0 Å². The lowest BCUT2D eigenvalue weighted by atomic mass is 9.53. The van der Waals surface area contributed by atoms with Crippen LogP contribution >= 0.6 is 15.9 Å². The number of halogens is 4. The molecule has 0 spiro atoms. The zero-order valence-corrected chi connectivity index (χ0v) is 15.7. The molecular formula is C18H21BrF3NO3. The van der Waals surface area contributed by atoms with Gasteiger partial charge in [0.25, 0.3) is 0 Å². The zero-order valence-electron chi connectivity index (χ0n) is 14.1. The van der Waals surface area contributed by atoms with Gasteiger partial charge in [-0.15, -0.1) is 0 Å². The van der Waals surface area contributed by atoms with Gasteiger partial charge in [-0.05, 0) is 71.3 Å². The molecular weight excluding hydrogens is 415 g/mol. The summed E-state index contributed by atoms with van der Waals surface area (Å²) in [7, 11) is 0. The summed E-state index contributed by atoms with van der Waals surface area (Å²) >= 11 is 3.68. The van der Waals surface area contributed by atoms with Gasteiger partial charge in [-0.25, -0.2) is 4.79 Å². The number of alkyl halides is 3. The predicted molar refractivity (Wildman–Crippen MR) is 93.2 cm³/mol. The van der Waals surface area contributed by atoms with E-state index in [-0.39, 0.29) is 0 Å². The Bertz CT molecular complexity index is 706. The Morgan fingerprint density at radius 2 is 1.96 bits per heavy atom. The number of phenols is 1. The number of hydrogen-bond donors (Lipinski definition) is 3. The van der Waals surface area contributed by atoms with Crippen LogP contribution in [0.4, 0.5) is 13.2 Å². The minimum Gasteiger partial charge on any atom is -0.507 e. The summed E-state index contributed by atoms with van der Waals surface area (Å²) < 4.78 is 32.7. The fraction of sp³-hybridized carbons (Fsp3) is 0.611. The van der Waals surface area contributed by atoms with Gasteiger partial charge in [0.1, 0.15) is 5.75 Å². The number of carbonyl (C=O) groups is 1. The largest absolute Gasteiger partial charge is 0.507 e. The van der Waals surface area contributed by atoms with Crippen molar-refractivity contribution < 1.29 is 28.2 Å². The van der Waals surface area contributed by atoms with Crippen molar-refractivity contribution in [1.29, 1.82) is 0 Å². The molecule has 0 aromatic heterocycles. The van der Waals surface area contributed by atoms with E-state index in [1.54, 1.807) is 0 Å². The maximum Gasteiger partial charge on any atom is 0.490 e. The predicted octanol–water partition coefficient (Wildman–Crippen LogP) is 4.13. The molecule has 3 atom stereocenters. The second-order valence-electron chi connectivity index (χ2n) is 7.26. The summed E-state index contributed by atoms with van der Waals surface area (Å²) in [5.74, 6) is -1.58. The number of carboxylic acid groups (broad SMARTS) is 1. The molecule has 0 radical (unpaired) electrons. The molecule has 1 aliphatic heterocycles. The number of aromatic hydroxyl groups is 1. The van der Waals surface area contributed by atoms with Gasteiger partial charge in [0.05, 0.1) is 4.47 Å². The maximum absolute atomic E-state index is 10.6. The van der Waals surface area contributed by atoms with Crippen LogP contribution in [-0.4, -0.2) is 34.9 Å². The van der Waals surface area contributed by atoms with Crippen LogP contribution < -0.4 is 5.32 Å². The number of carboxylic acids is 1. The van der Waals surface area contributed by atoms with E-state index in [0.717, 1.165) is 23.4 Å². The quantitative estimate of drug-likeness (QED) is 0.572. The van der Waals surface area contributed by atoms with Gasteiger partial charge in [-0.3, -0.25) is 0 Å². The van der Waals surface area contributed by atoms with Crippen molar-refractivity contribution >= 4 is 21.9 Å². The first-order valence-electron chi connectivity index (χ1n) is 8.71. The van der Waals surface area contributed by atoms with Gasteiger partial charge in [-0.1, -0.05) is 18.9 Å². The van der Waals surface area contributed by atoms with E-state index in [1.807, 2.05) is 6.07 Å². The Morgan fingerprint density at radius 1 is 1.27 bits per heavy atom. The third-order valence-electron chi connectivity index (χ3n) is 5.95. The summed E-state index contributed by atoms with van der Waals surface area (Å²) in [6, 6.07) is 4.64. The van der Waals surface area contributed by atoms with Crippen molar-refractivity contribution in [1.82, 2.24) is 5.32 Å². The fourth-order valence-corrected chi connectivity index (χ4v) is 5.77. The summed E-state index contributed by atoms with van der Waals surface area (Å²) in [5, 5.41) is 21.0. The van der Waals surface area contributed by atoms with Crippen molar-refractivity contribution in [2.45, 2.75) is 56.2 Å². The second kappa shape index (κ2) is 7.03. The Hall–Kier alpha value is -1.28. The average molecular weight is 436 g/mol. The first-order chi connectivity index (χ1) is 12.2. The minimum absolute atomic E-state index is 0.319. The first kappa shape index (κ1) is 19.5. The molecule has 3 N–H and O–H groups in total. The molecule has 2 bridgehead atoms. The first-order valence-corrected chi connectivity index (χ1v) is 9.50. The fourth-order valence-electron chi connectivity index (χ4n) is 4.99. The van der Waals surface area contributed by atoms with Crippen LogP contribution in [0.1, 0.15) is 43.2 Å². The van der Waals surface area contributed by atoms with E-state index < -0.39 is 12.1 Å². The topological polar surface area (TPSA) is 69.6 Å². The number of phenolic OH excluding ortho intramolecular Hbond substituents is 1. The normalized spacial score (nSPS) is 29.7. The molecule has 4 nitrogen and oxygen atoms in total. The van der Waals surface area contributed by atoms with Crippen molar-refractivity contribution in [3.8, 4) is 5.75 Å². The summed E-state index contributed by atoms with van der Waals surface area (Å²) in [4.78, 5) is 8.90. The van der Waals surface area contributed by atoms with Crippen LogP contribution in [0.3, 0.4) is 0 Å². The number of rotatable bonds is 0. The number of fused-ring (bicyclic) bond motifs is 1. The van der Waals surface area contributed by atoms with E-state index in [4.69, 9.17) is 9.90 Å². The van der Waals surface area contributed by atoms with Crippen molar-refractivity contribution in [2.24, 2.45) is 5.92 Å². The van der Waals surface area contributed by atoms with Crippen LogP contribution in [0, 0.1) is 5.92 Å². The van der Waals surface area contributed by atoms with Gasteiger partial charge in [0.2, 0.25) is 0 Å². The van der Waals surface area contributed by atoms with Crippen LogP contribution in [0.5, 0.6) is 5.75 Å². The molecule has 0 unspecified atom stereocenters. The molecule has 3 aliphatic rings. The SMILES string of the molecule is O=C(O)C(F)(F)F.Oc1ccc2c(c1Br)[C@]13CCCC[C@@H]1[C@H](C2)NCC3. The molecule has 2 fully saturated rings. The highest BCUT2D eigenvalue weighted by molar-refractivity contribution is 9.10. The Morgan fingerprint density at radius 3 is 2.62 bits per heavy atom.